The van der Waals surface area contributed by atoms with Crippen LogP contribution in [0, 0.1) is 13.8 Å². The topological polar surface area (TPSA) is 109 Å². The number of fused-ring (bicyclic) bond motifs is 1. The van der Waals surface area contributed by atoms with Crippen LogP contribution in [0.15, 0.2) is 53.2 Å². The Morgan fingerprint density at radius 3 is 2.56 bits per heavy atom. The van der Waals surface area contributed by atoms with E-state index < -0.39 is 0 Å². The van der Waals surface area contributed by atoms with Crippen molar-refractivity contribution in [3.05, 3.63) is 75.7 Å². The van der Waals surface area contributed by atoms with Gasteiger partial charge in [-0.25, -0.2) is 9.97 Å². The highest BCUT2D eigenvalue weighted by atomic mass is 32.2. The third kappa shape index (κ3) is 5.15. The number of carbonyl (C=O) groups is 2. The van der Waals surface area contributed by atoms with Gasteiger partial charge in [0, 0.05) is 41.0 Å². The van der Waals surface area contributed by atoms with Crippen LogP contribution < -0.4 is 5.73 Å². The Morgan fingerprint density at radius 2 is 1.91 bits per heavy atom. The number of carbonyl (C=O) groups excluding carboxylic acids is 2. The monoisotopic (exact) mass is 450 g/mol. The van der Waals surface area contributed by atoms with Crippen LogP contribution in [0.1, 0.15) is 40.7 Å². The van der Waals surface area contributed by atoms with E-state index in [1.54, 1.807) is 20.0 Å². The van der Waals surface area contributed by atoms with Gasteiger partial charge in [-0.2, -0.15) is 0 Å². The minimum atomic E-state index is -0.149. The summed E-state index contributed by atoms with van der Waals surface area (Å²) in [6.07, 6.45) is 2.51. The highest BCUT2D eigenvalue weighted by Gasteiger charge is 2.19. The maximum Gasteiger partial charge on any atom is 0.224 e. The average Bonchev–Trinajstić information content (AvgIpc) is 2.78. The molecule has 32 heavy (non-hydrogen) atoms. The van der Waals surface area contributed by atoms with Crippen molar-refractivity contribution in [1.29, 1.82) is 0 Å². The summed E-state index contributed by atoms with van der Waals surface area (Å²) in [5.74, 6) is 0.847. The fourth-order valence-corrected chi connectivity index (χ4v) is 4.38. The summed E-state index contributed by atoms with van der Waals surface area (Å²) in [6, 6.07) is 11.5. The molecule has 0 saturated heterocycles. The van der Waals surface area contributed by atoms with Gasteiger partial charge in [0.25, 0.3) is 0 Å². The van der Waals surface area contributed by atoms with Crippen LogP contribution in [0.3, 0.4) is 0 Å². The van der Waals surface area contributed by atoms with Crippen molar-refractivity contribution in [2.45, 2.75) is 33.7 Å². The molecule has 0 unspecified atom stereocenters. The molecular weight excluding hydrogens is 424 g/mol. The molecule has 0 aliphatic carbocycles. The lowest BCUT2D eigenvalue weighted by molar-refractivity contribution is -0.116. The van der Waals surface area contributed by atoms with Gasteiger partial charge in [-0.3, -0.25) is 9.59 Å². The summed E-state index contributed by atoms with van der Waals surface area (Å²) in [5, 5.41) is 11.3. The number of aryl methyl sites for hydroxylation is 2. The van der Waals surface area contributed by atoms with Gasteiger partial charge < -0.3 is 15.7 Å². The fourth-order valence-electron chi connectivity index (χ4n) is 3.41. The number of nitrogens with zero attached hydrogens (tertiary/aromatic N) is 3. The van der Waals surface area contributed by atoms with Crippen LogP contribution in [0.5, 0.6) is 0 Å². The molecule has 0 spiro atoms. The van der Waals surface area contributed by atoms with E-state index in [1.807, 2.05) is 43.3 Å². The second-order valence-corrected chi connectivity index (χ2v) is 8.48. The molecule has 0 saturated carbocycles. The summed E-state index contributed by atoms with van der Waals surface area (Å²) in [4.78, 5) is 35.4. The maximum absolute atomic E-state index is 13.2. The van der Waals surface area contributed by atoms with Crippen LogP contribution in [0.25, 0.3) is 10.8 Å². The number of hydrogen-bond donors (Lipinski definition) is 2. The first kappa shape index (κ1) is 23.4. The number of thioether (sulfide) groups is 1. The van der Waals surface area contributed by atoms with E-state index >= 15 is 0 Å². The summed E-state index contributed by atoms with van der Waals surface area (Å²) in [7, 11) is 0. The number of hydrogen-bond acceptors (Lipinski definition) is 7. The normalized spacial score (nSPS) is 11.9. The van der Waals surface area contributed by atoms with Crippen LogP contribution in [0.4, 0.5) is 5.82 Å². The molecule has 3 rings (SSSR count). The number of nitrogen functional groups attached to an aromatic ring is 1. The standard InChI is InChI=1S/C24H26N4O3S/c1-15-8-9-21(20-7-5-4-6-19(15)20)24(31)32-22(10-11-29)16(2)28(14-30)13-18-12-26-17(3)27-23(18)25/h4-9,12,14,29H,10-11,13H2,1-3H3,(H2,25,26,27). The van der Waals surface area contributed by atoms with Crippen molar-refractivity contribution < 1.29 is 14.7 Å². The molecule has 1 aromatic heterocycles. The molecule has 3 N–H and O–H groups in total. The van der Waals surface area contributed by atoms with Gasteiger partial charge in [0.2, 0.25) is 11.5 Å². The van der Waals surface area contributed by atoms with Crippen molar-refractivity contribution in [3.63, 3.8) is 0 Å². The number of aromatic nitrogens is 2. The lowest BCUT2D eigenvalue weighted by atomic mass is 10.0. The smallest absolute Gasteiger partial charge is 0.224 e. The largest absolute Gasteiger partial charge is 0.396 e. The fraction of sp³-hybridized carbons (Fsp3) is 0.250. The third-order valence-corrected chi connectivity index (χ3v) is 6.39. The number of nitrogens with two attached hydrogens (primary N) is 1. The van der Waals surface area contributed by atoms with Crippen LogP contribution in [-0.4, -0.2) is 38.1 Å². The Hall–Kier alpha value is -3.23. The van der Waals surface area contributed by atoms with E-state index in [-0.39, 0.29) is 24.7 Å². The molecule has 1 heterocycles. The predicted molar refractivity (Wildman–Crippen MR) is 128 cm³/mol. The Balaban J connectivity index is 1.92. The summed E-state index contributed by atoms with van der Waals surface area (Å²) >= 11 is 1.03. The zero-order valence-electron chi connectivity index (χ0n) is 18.3. The highest BCUT2D eigenvalue weighted by molar-refractivity contribution is 8.17. The molecule has 1 amide bonds. The van der Waals surface area contributed by atoms with Gasteiger partial charge in [-0.05, 0) is 54.9 Å². The SMILES string of the molecule is CC(=C(CCO)SC(=O)c1ccc(C)c2ccccc12)N(C=O)Cc1cnc(C)nc1N. The van der Waals surface area contributed by atoms with E-state index in [0.29, 0.717) is 39.8 Å². The first-order valence-electron chi connectivity index (χ1n) is 10.2. The average molecular weight is 451 g/mol. The van der Waals surface area contributed by atoms with Crippen LogP contribution in [-0.2, 0) is 11.3 Å². The molecule has 7 nitrogen and oxygen atoms in total. The van der Waals surface area contributed by atoms with Crippen LogP contribution >= 0.6 is 11.8 Å². The molecule has 166 valence electrons. The number of anilines is 1. The predicted octanol–water partition coefficient (Wildman–Crippen LogP) is 3.97. The van der Waals surface area contributed by atoms with Crippen molar-refractivity contribution >= 4 is 39.9 Å². The van der Waals surface area contributed by atoms with E-state index in [2.05, 4.69) is 9.97 Å². The van der Waals surface area contributed by atoms with E-state index in [4.69, 9.17) is 5.73 Å². The maximum atomic E-state index is 13.2. The lowest BCUT2D eigenvalue weighted by Gasteiger charge is -2.22. The molecule has 0 fully saturated rings. The number of rotatable bonds is 8. The van der Waals surface area contributed by atoms with E-state index in [0.717, 1.165) is 28.1 Å². The zero-order valence-corrected chi connectivity index (χ0v) is 19.1. The molecule has 0 atom stereocenters. The second kappa shape index (κ2) is 10.4. The molecule has 0 aliphatic heterocycles. The molecule has 0 radical (unpaired) electrons. The summed E-state index contributed by atoms with van der Waals surface area (Å²) < 4.78 is 0. The van der Waals surface area contributed by atoms with Gasteiger partial charge in [0.1, 0.15) is 11.6 Å². The minimum absolute atomic E-state index is 0.145. The number of amides is 1. The number of allylic oxidation sites excluding steroid dienone is 1. The van der Waals surface area contributed by atoms with E-state index in [9.17, 15) is 14.7 Å². The minimum Gasteiger partial charge on any atom is -0.396 e. The summed E-state index contributed by atoms with van der Waals surface area (Å²) in [6.45, 7) is 5.51. The zero-order chi connectivity index (χ0) is 23.3. The van der Waals surface area contributed by atoms with Gasteiger partial charge in [0.05, 0.1) is 6.54 Å². The van der Waals surface area contributed by atoms with Gasteiger partial charge in [0.15, 0.2) is 0 Å². The third-order valence-electron chi connectivity index (χ3n) is 5.24. The van der Waals surface area contributed by atoms with Gasteiger partial charge >= 0.3 is 0 Å². The van der Waals surface area contributed by atoms with Crippen molar-refractivity contribution in [3.8, 4) is 0 Å². The number of aliphatic hydroxyl groups is 1. The van der Waals surface area contributed by atoms with Crippen LogP contribution in [0.2, 0.25) is 0 Å². The molecule has 8 heteroatoms. The van der Waals surface area contributed by atoms with E-state index in [1.165, 1.54) is 4.90 Å². The van der Waals surface area contributed by atoms with Crippen molar-refractivity contribution in [2.24, 2.45) is 0 Å². The number of benzene rings is 2. The second-order valence-electron chi connectivity index (χ2n) is 7.41. The Morgan fingerprint density at radius 1 is 1.19 bits per heavy atom. The summed E-state index contributed by atoms with van der Waals surface area (Å²) in [5.41, 5.74) is 8.83. The molecule has 0 aliphatic rings. The first-order valence-corrected chi connectivity index (χ1v) is 11.0. The highest BCUT2D eigenvalue weighted by Crippen LogP contribution is 2.32. The van der Waals surface area contributed by atoms with Crippen molar-refractivity contribution in [2.75, 3.05) is 12.3 Å². The van der Waals surface area contributed by atoms with Crippen molar-refractivity contribution in [1.82, 2.24) is 14.9 Å². The Bertz CT molecular complexity index is 1190. The van der Waals surface area contributed by atoms with Gasteiger partial charge in [-0.1, -0.05) is 30.3 Å². The Labute approximate surface area is 191 Å². The van der Waals surface area contributed by atoms with Gasteiger partial charge in [-0.15, -0.1) is 0 Å². The Kier molecular flexibility index (Phi) is 7.61. The molecule has 2 aromatic carbocycles. The molecule has 3 aromatic rings. The lowest BCUT2D eigenvalue weighted by Crippen LogP contribution is -2.22. The molecular formula is C24H26N4O3S. The quantitative estimate of drug-likeness (QED) is 0.500. The number of aliphatic hydroxyl groups excluding tert-OH is 1. The first-order chi connectivity index (χ1) is 15.3. The molecule has 0 bridgehead atoms.